The summed E-state index contributed by atoms with van der Waals surface area (Å²) in [6, 6.07) is 14.9. The van der Waals surface area contributed by atoms with Gasteiger partial charge in [-0.3, -0.25) is 4.79 Å². The van der Waals surface area contributed by atoms with E-state index >= 15 is 0 Å². The second kappa shape index (κ2) is 9.74. The first-order valence-corrected chi connectivity index (χ1v) is 9.09. The fraction of sp³-hybridized carbons (Fsp3) is 0.263. The molecule has 2 rings (SSSR count). The minimum atomic E-state index is -0.212. The van der Waals surface area contributed by atoms with Gasteiger partial charge in [0, 0.05) is 5.75 Å². The van der Waals surface area contributed by atoms with Crippen LogP contribution >= 0.6 is 11.8 Å². The van der Waals surface area contributed by atoms with Gasteiger partial charge in [-0.05, 0) is 43.2 Å². The minimum absolute atomic E-state index is 0.0777. The first-order valence-electron chi connectivity index (χ1n) is 8.04. The van der Waals surface area contributed by atoms with Crippen LogP contribution in [0.5, 0.6) is 11.5 Å². The number of amides is 1. The van der Waals surface area contributed by atoms with Gasteiger partial charge in [0.15, 0.2) is 11.5 Å². The molecule has 25 heavy (non-hydrogen) atoms. The summed E-state index contributed by atoms with van der Waals surface area (Å²) in [6.07, 6.45) is 1.52. The molecule has 0 spiro atoms. The predicted octanol–water partition coefficient (Wildman–Crippen LogP) is 3.56. The van der Waals surface area contributed by atoms with Crippen molar-refractivity contribution in [3.8, 4) is 11.5 Å². The maximum atomic E-state index is 12.1. The van der Waals surface area contributed by atoms with E-state index in [0.29, 0.717) is 12.4 Å². The average molecular weight is 358 g/mol. The highest BCUT2D eigenvalue weighted by molar-refractivity contribution is 7.99. The summed E-state index contributed by atoms with van der Waals surface area (Å²) >= 11 is 1.56. The van der Waals surface area contributed by atoms with E-state index in [4.69, 9.17) is 4.74 Å². The molecule has 0 heterocycles. The number of hydrazone groups is 1. The van der Waals surface area contributed by atoms with Gasteiger partial charge in [-0.25, -0.2) is 5.43 Å². The van der Waals surface area contributed by atoms with Gasteiger partial charge in [0.1, 0.15) is 0 Å². The molecule has 0 aliphatic rings. The summed E-state index contributed by atoms with van der Waals surface area (Å²) in [5.74, 6) is 1.09. The topological polar surface area (TPSA) is 70.9 Å². The van der Waals surface area contributed by atoms with Crippen LogP contribution in [0.4, 0.5) is 0 Å². The molecule has 1 amide bonds. The van der Waals surface area contributed by atoms with Crippen LogP contribution in [0.2, 0.25) is 0 Å². The Hall–Kier alpha value is -2.47. The third-order valence-corrected chi connectivity index (χ3v) is 4.60. The maximum absolute atomic E-state index is 12.1. The fourth-order valence-electron chi connectivity index (χ4n) is 2.01. The molecule has 0 aromatic heterocycles. The van der Waals surface area contributed by atoms with E-state index in [0.717, 1.165) is 11.3 Å². The van der Waals surface area contributed by atoms with E-state index < -0.39 is 0 Å². The lowest BCUT2D eigenvalue weighted by atomic mass is 10.2. The van der Waals surface area contributed by atoms with Gasteiger partial charge in [-0.15, -0.1) is 11.8 Å². The molecule has 1 atom stereocenters. The summed E-state index contributed by atoms with van der Waals surface area (Å²) < 4.78 is 5.31. The van der Waals surface area contributed by atoms with E-state index in [1.165, 1.54) is 17.8 Å². The quantitative estimate of drug-likeness (QED) is 0.559. The van der Waals surface area contributed by atoms with Crippen molar-refractivity contribution >= 4 is 23.9 Å². The number of phenols is 1. The number of ether oxygens (including phenoxy) is 1. The molecule has 1 unspecified atom stereocenters. The number of aromatic hydroxyl groups is 1. The standard InChI is InChI=1S/C19H22N2O3S/c1-3-24-18-11-16(9-10-17(18)22)12-20-21-19(23)14(2)25-13-15-7-5-4-6-8-15/h4-12,14,22H,3,13H2,1-2H3,(H,21,23). The Morgan fingerprint density at radius 1 is 1.32 bits per heavy atom. The molecular weight excluding hydrogens is 336 g/mol. The van der Waals surface area contributed by atoms with Gasteiger partial charge in [0.05, 0.1) is 18.1 Å². The van der Waals surface area contributed by atoms with Gasteiger partial charge in [0.2, 0.25) is 0 Å². The van der Waals surface area contributed by atoms with E-state index in [1.807, 2.05) is 44.2 Å². The van der Waals surface area contributed by atoms with Gasteiger partial charge >= 0.3 is 0 Å². The minimum Gasteiger partial charge on any atom is -0.504 e. The van der Waals surface area contributed by atoms with Gasteiger partial charge < -0.3 is 9.84 Å². The average Bonchev–Trinajstić information content (AvgIpc) is 2.63. The number of carbonyl (C=O) groups is 1. The Labute approximate surface area is 152 Å². The van der Waals surface area contributed by atoms with Crippen molar-refractivity contribution in [2.24, 2.45) is 5.10 Å². The van der Waals surface area contributed by atoms with Gasteiger partial charge in [-0.1, -0.05) is 30.3 Å². The lowest BCUT2D eigenvalue weighted by molar-refractivity contribution is -0.120. The molecule has 0 radical (unpaired) electrons. The van der Waals surface area contributed by atoms with Crippen molar-refractivity contribution < 1.29 is 14.6 Å². The molecule has 2 aromatic carbocycles. The number of rotatable bonds is 8. The maximum Gasteiger partial charge on any atom is 0.252 e. The number of nitrogens with zero attached hydrogens (tertiary/aromatic N) is 1. The molecule has 5 nitrogen and oxygen atoms in total. The molecule has 2 aromatic rings. The largest absolute Gasteiger partial charge is 0.504 e. The molecular formula is C19H22N2O3S. The van der Waals surface area contributed by atoms with Crippen molar-refractivity contribution in [1.82, 2.24) is 5.43 Å². The Kier molecular flexibility index (Phi) is 7.35. The van der Waals surface area contributed by atoms with Crippen LogP contribution < -0.4 is 10.2 Å². The van der Waals surface area contributed by atoms with Crippen molar-refractivity contribution in [2.45, 2.75) is 24.9 Å². The molecule has 0 aliphatic heterocycles. The highest BCUT2D eigenvalue weighted by atomic mass is 32.2. The number of hydrogen-bond acceptors (Lipinski definition) is 5. The predicted molar refractivity (Wildman–Crippen MR) is 102 cm³/mol. The monoisotopic (exact) mass is 358 g/mol. The molecule has 6 heteroatoms. The summed E-state index contributed by atoms with van der Waals surface area (Å²) in [7, 11) is 0. The number of thioether (sulfide) groups is 1. The Morgan fingerprint density at radius 3 is 2.80 bits per heavy atom. The van der Waals surface area contributed by atoms with Gasteiger partial charge in [-0.2, -0.15) is 5.10 Å². The van der Waals surface area contributed by atoms with E-state index in [9.17, 15) is 9.90 Å². The second-order valence-electron chi connectivity index (χ2n) is 5.33. The number of benzene rings is 2. The summed E-state index contributed by atoms with van der Waals surface area (Å²) in [6.45, 7) is 4.15. The summed E-state index contributed by atoms with van der Waals surface area (Å²) in [4.78, 5) is 12.1. The van der Waals surface area contributed by atoms with Gasteiger partial charge in [0.25, 0.3) is 5.91 Å². The van der Waals surface area contributed by atoms with Crippen LogP contribution in [0.3, 0.4) is 0 Å². The number of nitrogens with one attached hydrogen (secondary N) is 1. The third kappa shape index (κ3) is 6.15. The second-order valence-corrected chi connectivity index (χ2v) is 6.66. The molecule has 0 fully saturated rings. The highest BCUT2D eigenvalue weighted by Gasteiger charge is 2.12. The molecule has 0 saturated carbocycles. The Balaban J connectivity index is 1.84. The van der Waals surface area contributed by atoms with Crippen molar-refractivity contribution in [2.75, 3.05) is 6.61 Å². The van der Waals surface area contributed by atoms with E-state index in [-0.39, 0.29) is 16.9 Å². The van der Waals surface area contributed by atoms with Crippen molar-refractivity contribution in [1.29, 1.82) is 0 Å². The van der Waals surface area contributed by atoms with Crippen LogP contribution in [0, 0.1) is 0 Å². The third-order valence-electron chi connectivity index (χ3n) is 3.38. The normalized spacial score (nSPS) is 12.1. The Bertz CT molecular complexity index is 720. The van der Waals surface area contributed by atoms with Crippen molar-refractivity contribution in [3.63, 3.8) is 0 Å². The smallest absolute Gasteiger partial charge is 0.252 e. The van der Waals surface area contributed by atoms with Crippen LogP contribution in [-0.2, 0) is 10.5 Å². The van der Waals surface area contributed by atoms with E-state index in [1.54, 1.807) is 23.9 Å². The number of hydrogen-bond donors (Lipinski definition) is 2. The molecule has 0 saturated heterocycles. The molecule has 0 aliphatic carbocycles. The first-order chi connectivity index (χ1) is 12.1. The van der Waals surface area contributed by atoms with Crippen LogP contribution in [-0.4, -0.2) is 29.1 Å². The van der Waals surface area contributed by atoms with Crippen LogP contribution in [0.1, 0.15) is 25.0 Å². The van der Waals surface area contributed by atoms with Crippen molar-refractivity contribution in [3.05, 3.63) is 59.7 Å². The summed E-state index contributed by atoms with van der Waals surface area (Å²) in [5, 5.41) is 13.4. The van der Waals surface area contributed by atoms with Crippen LogP contribution in [0.25, 0.3) is 0 Å². The SMILES string of the molecule is CCOc1cc(C=NNC(=O)C(C)SCc2ccccc2)ccc1O. The zero-order chi connectivity index (χ0) is 18.1. The zero-order valence-electron chi connectivity index (χ0n) is 14.3. The molecule has 132 valence electrons. The van der Waals surface area contributed by atoms with Crippen LogP contribution in [0.15, 0.2) is 53.6 Å². The lowest BCUT2D eigenvalue weighted by Gasteiger charge is -2.09. The lowest BCUT2D eigenvalue weighted by Crippen LogP contribution is -2.27. The fourth-order valence-corrected chi connectivity index (χ4v) is 2.85. The highest BCUT2D eigenvalue weighted by Crippen LogP contribution is 2.26. The Morgan fingerprint density at radius 2 is 2.08 bits per heavy atom. The zero-order valence-corrected chi connectivity index (χ0v) is 15.1. The first kappa shape index (κ1) is 18.9. The molecule has 2 N–H and O–H groups in total. The van der Waals surface area contributed by atoms with E-state index in [2.05, 4.69) is 10.5 Å². The number of carbonyl (C=O) groups excluding carboxylic acids is 1. The number of phenolic OH excluding ortho intramolecular Hbond substituents is 1. The molecule has 0 bridgehead atoms. The summed E-state index contributed by atoms with van der Waals surface area (Å²) in [5.41, 5.74) is 4.45.